The molecule has 0 unspecified atom stereocenters. The van der Waals surface area contributed by atoms with E-state index in [0.29, 0.717) is 40.9 Å². The molecule has 216 valence electrons. The van der Waals surface area contributed by atoms with Gasteiger partial charge in [0.15, 0.2) is 5.82 Å². The largest absolute Gasteiger partial charge is 0.445 e. The normalized spacial score (nSPS) is 11.0. The molecule has 2 aromatic heterocycles. The van der Waals surface area contributed by atoms with Crippen LogP contribution in [-0.2, 0) is 29.0 Å². The van der Waals surface area contributed by atoms with E-state index in [0.717, 1.165) is 17.2 Å². The number of ether oxygens (including phenoxy) is 2. The van der Waals surface area contributed by atoms with Crippen molar-refractivity contribution >= 4 is 28.7 Å². The van der Waals surface area contributed by atoms with Gasteiger partial charge in [-0.2, -0.15) is 10.2 Å². The number of halogens is 2. The van der Waals surface area contributed by atoms with Crippen LogP contribution in [0.15, 0.2) is 79.0 Å². The molecule has 5 aromatic rings. The highest BCUT2D eigenvalue weighted by molar-refractivity contribution is 6.07. The van der Waals surface area contributed by atoms with Crippen molar-refractivity contribution in [3.63, 3.8) is 0 Å². The molecule has 2 heterocycles. The summed E-state index contributed by atoms with van der Waals surface area (Å²) in [6, 6.07) is 19.8. The number of nitrogens with one attached hydrogen (secondary N) is 3. The molecule has 0 aliphatic carbocycles. The van der Waals surface area contributed by atoms with Crippen LogP contribution in [-0.4, -0.2) is 51.7 Å². The number of carbonyl (C=O) groups is 2. The summed E-state index contributed by atoms with van der Waals surface area (Å²) >= 11 is 0. The van der Waals surface area contributed by atoms with Crippen LogP contribution in [0.25, 0.3) is 10.9 Å². The van der Waals surface area contributed by atoms with Gasteiger partial charge in [-0.1, -0.05) is 36.4 Å². The summed E-state index contributed by atoms with van der Waals surface area (Å²) in [6.07, 6.45) is 1.28. The third kappa shape index (κ3) is 7.55. The lowest BCUT2D eigenvalue weighted by molar-refractivity contribution is 0.0994. The Kier molecular flexibility index (Phi) is 9.14. The Hall–Kier alpha value is -5.10. The molecule has 0 saturated carbocycles. The van der Waals surface area contributed by atoms with Crippen LogP contribution in [0.4, 0.5) is 19.4 Å². The number of fused-ring (bicyclic) bond motifs is 1. The van der Waals surface area contributed by atoms with Gasteiger partial charge in [0.25, 0.3) is 5.91 Å². The lowest BCUT2D eigenvalue weighted by Gasteiger charge is -2.09. The summed E-state index contributed by atoms with van der Waals surface area (Å²) in [7, 11) is 0. The van der Waals surface area contributed by atoms with E-state index in [1.807, 2.05) is 42.5 Å². The summed E-state index contributed by atoms with van der Waals surface area (Å²) in [6.45, 7) is 1.28. The second-order valence-corrected chi connectivity index (χ2v) is 9.40. The predicted octanol–water partition coefficient (Wildman–Crippen LogP) is 4.82. The smallest absolute Gasteiger partial charge is 0.407 e. The van der Waals surface area contributed by atoms with Gasteiger partial charge in [-0.15, -0.1) is 0 Å². The van der Waals surface area contributed by atoms with Crippen molar-refractivity contribution in [2.45, 2.75) is 19.6 Å². The van der Waals surface area contributed by atoms with Crippen molar-refractivity contribution in [2.75, 3.05) is 25.1 Å². The minimum Gasteiger partial charge on any atom is -0.445 e. The van der Waals surface area contributed by atoms with E-state index in [1.165, 1.54) is 23.0 Å². The van der Waals surface area contributed by atoms with Gasteiger partial charge >= 0.3 is 6.09 Å². The van der Waals surface area contributed by atoms with Crippen LogP contribution < -0.4 is 10.6 Å². The monoisotopic (exact) mass is 574 g/mol. The van der Waals surface area contributed by atoms with Gasteiger partial charge in [-0.3, -0.25) is 14.6 Å². The number of alkyl carbamates (subject to hydrolysis) is 1. The van der Waals surface area contributed by atoms with Crippen molar-refractivity contribution < 1.29 is 27.8 Å². The van der Waals surface area contributed by atoms with Gasteiger partial charge < -0.3 is 20.1 Å². The van der Waals surface area contributed by atoms with Crippen molar-refractivity contribution in [1.82, 2.24) is 25.3 Å². The van der Waals surface area contributed by atoms with E-state index in [4.69, 9.17) is 9.47 Å². The molecule has 0 atom stereocenters. The Morgan fingerprint density at radius 2 is 1.71 bits per heavy atom. The zero-order valence-corrected chi connectivity index (χ0v) is 22.5. The average molecular weight is 575 g/mol. The Morgan fingerprint density at radius 3 is 2.52 bits per heavy atom. The number of anilines is 1. The fourth-order valence-electron chi connectivity index (χ4n) is 4.34. The first-order chi connectivity index (χ1) is 20.4. The van der Waals surface area contributed by atoms with Gasteiger partial charge in [0.1, 0.15) is 23.9 Å². The van der Waals surface area contributed by atoms with Crippen LogP contribution in [0.5, 0.6) is 0 Å². The summed E-state index contributed by atoms with van der Waals surface area (Å²) < 4.78 is 39.4. The maximum absolute atomic E-state index is 13.6. The topological polar surface area (TPSA) is 123 Å². The first-order valence-electron chi connectivity index (χ1n) is 13.2. The second-order valence-electron chi connectivity index (χ2n) is 9.40. The van der Waals surface area contributed by atoms with Gasteiger partial charge in [-0.05, 0) is 53.4 Å². The lowest BCUT2D eigenvalue weighted by Crippen LogP contribution is -2.28. The highest BCUT2D eigenvalue weighted by Gasteiger charge is 2.16. The molecule has 10 nitrogen and oxygen atoms in total. The molecule has 0 saturated heterocycles. The zero-order chi connectivity index (χ0) is 29.3. The van der Waals surface area contributed by atoms with E-state index in [2.05, 4.69) is 25.9 Å². The standard InChI is InChI=1S/C30H28F2N6O4/c31-23-15-22(16-24(32)18-23)14-21-6-7-26-25(17-21)28(37-36-26)35-29(39)27-8-9-34-38(27)11-13-41-12-10-33-30(40)42-19-20-4-2-1-3-5-20/h1-9,15-18H,10-14,19H2,(H,33,40)(H2,35,36,37,39). The minimum absolute atomic E-state index is 0.184. The van der Waals surface area contributed by atoms with Crippen LogP contribution in [0.2, 0.25) is 0 Å². The summed E-state index contributed by atoms with van der Waals surface area (Å²) in [5.41, 5.74) is 3.19. The number of nitrogens with zero attached hydrogens (tertiary/aromatic N) is 3. The van der Waals surface area contributed by atoms with E-state index in [1.54, 1.807) is 12.1 Å². The summed E-state index contributed by atoms with van der Waals surface area (Å²) in [5, 5.41) is 17.4. The van der Waals surface area contributed by atoms with Crippen molar-refractivity contribution in [3.05, 3.63) is 113 Å². The third-order valence-electron chi connectivity index (χ3n) is 6.31. The molecular formula is C30H28F2N6O4. The van der Waals surface area contributed by atoms with Crippen molar-refractivity contribution in [1.29, 1.82) is 0 Å². The number of hydrogen-bond donors (Lipinski definition) is 3. The Morgan fingerprint density at radius 1 is 0.905 bits per heavy atom. The molecule has 0 spiro atoms. The maximum Gasteiger partial charge on any atom is 0.407 e. The van der Waals surface area contributed by atoms with Crippen molar-refractivity contribution in [2.24, 2.45) is 0 Å². The number of rotatable bonds is 12. The van der Waals surface area contributed by atoms with Gasteiger partial charge in [0.05, 0.1) is 25.3 Å². The van der Waals surface area contributed by atoms with Crippen LogP contribution >= 0.6 is 0 Å². The predicted molar refractivity (Wildman–Crippen MR) is 151 cm³/mol. The highest BCUT2D eigenvalue weighted by Crippen LogP contribution is 2.24. The molecule has 3 N–H and O–H groups in total. The SMILES string of the molecule is O=C(NCCOCCn1nccc1C(=O)Nc1n[nH]c2ccc(Cc3cc(F)cc(F)c3)cc12)OCc1ccccc1. The number of carbonyl (C=O) groups excluding carboxylic acids is 2. The fourth-order valence-corrected chi connectivity index (χ4v) is 4.34. The molecule has 0 bridgehead atoms. The van der Waals surface area contributed by atoms with E-state index in [9.17, 15) is 18.4 Å². The van der Waals surface area contributed by atoms with E-state index >= 15 is 0 Å². The molecule has 0 aliphatic heterocycles. The quantitative estimate of drug-likeness (QED) is 0.184. The van der Waals surface area contributed by atoms with Gasteiger partial charge in [-0.25, -0.2) is 13.6 Å². The average Bonchev–Trinajstić information content (AvgIpc) is 3.61. The lowest BCUT2D eigenvalue weighted by atomic mass is 10.0. The molecule has 12 heteroatoms. The zero-order valence-electron chi connectivity index (χ0n) is 22.5. The molecule has 0 fully saturated rings. The number of benzene rings is 3. The Bertz CT molecular complexity index is 1650. The fraction of sp³-hybridized carbons (Fsp3) is 0.200. The minimum atomic E-state index is -0.639. The van der Waals surface area contributed by atoms with Crippen LogP contribution in [0.3, 0.4) is 0 Å². The first kappa shape index (κ1) is 28.4. The first-order valence-corrected chi connectivity index (χ1v) is 13.2. The maximum atomic E-state index is 13.6. The molecular weight excluding hydrogens is 546 g/mol. The highest BCUT2D eigenvalue weighted by atomic mass is 19.1. The van der Waals surface area contributed by atoms with Crippen LogP contribution in [0, 0.1) is 11.6 Å². The van der Waals surface area contributed by atoms with Crippen LogP contribution in [0.1, 0.15) is 27.2 Å². The molecule has 2 amide bonds. The molecule has 0 aliphatic rings. The number of H-pyrrole nitrogens is 1. The number of hydrogen-bond acceptors (Lipinski definition) is 6. The van der Waals surface area contributed by atoms with Gasteiger partial charge in [0, 0.05) is 24.2 Å². The van der Waals surface area contributed by atoms with E-state index in [-0.39, 0.29) is 26.4 Å². The molecule has 3 aromatic carbocycles. The number of amides is 2. The summed E-state index contributed by atoms with van der Waals surface area (Å²) in [4.78, 5) is 24.9. The second kappa shape index (κ2) is 13.5. The number of aromatic amines is 1. The molecule has 0 radical (unpaired) electrons. The summed E-state index contributed by atoms with van der Waals surface area (Å²) in [5.74, 6) is -1.38. The molecule has 5 rings (SSSR count). The number of aromatic nitrogens is 4. The molecule has 42 heavy (non-hydrogen) atoms. The van der Waals surface area contributed by atoms with Gasteiger partial charge in [0.2, 0.25) is 0 Å². The third-order valence-corrected chi connectivity index (χ3v) is 6.31. The Labute approximate surface area is 239 Å². The van der Waals surface area contributed by atoms with E-state index < -0.39 is 23.6 Å². The van der Waals surface area contributed by atoms with Crippen molar-refractivity contribution in [3.8, 4) is 0 Å². The Balaban J connectivity index is 1.10.